The van der Waals surface area contributed by atoms with Crippen LogP contribution in [0.1, 0.15) is 31.7 Å². The van der Waals surface area contributed by atoms with Gasteiger partial charge in [0.2, 0.25) is 0 Å². The molecule has 2 atom stereocenters. The smallest absolute Gasteiger partial charge is 0.0453 e. The standard InChI is InChI=1S/C14H18Br2/c1-2-3-9-13(15)14(16)11-10-12-7-5-4-6-8-12/h4-8,10-11,13-14H,2-3,9H2,1H3. The van der Waals surface area contributed by atoms with Gasteiger partial charge in [0.05, 0.1) is 0 Å². The van der Waals surface area contributed by atoms with Crippen molar-refractivity contribution in [1.82, 2.24) is 0 Å². The number of allylic oxidation sites excluding steroid dienone is 1. The summed E-state index contributed by atoms with van der Waals surface area (Å²) in [6, 6.07) is 10.4. The summed E-state index contributed by atoms with van der Waals surface area (Å²) in [6.07, 6.45) is 8.12. The molecule has 0 aliphatic rings. The highest BCUT2D eigenvalue weighted by Crippen LogP contribution is 2.22. The van der Waals surface area contributed by atoms with Crippen LogP contribution in [0.25, 0.3) is 6.08 Å². The second-order valence-corrected chi connectivity index (χ2v) is 6.11. The Kier molecular flexibility index (Phi) is 7.06. The van der Waals surface area contributed by atoms with Gasteiger partial charge in [-0.1, -0.05) is 94.1 Å². The summed E-state index contributed by atoms with van der Waals surface area (Å²) >= 11 is 7.42. The number of rotatable bonds is 6. The van der Waals surface area contributed by atoms with Gasteiger partial charge >= 0.3 is 0 Å². The van der Waals surface area contributed by atoms with Crippen molar-refractivity contribution in [3.05, 3.63) is 42.0 Å². The lowest BCUT2D eigenvalue weighted by Crippen LogP contribution is -2.10. The molecule has 0 spiro atoms. The average Bonchev–Trinajstić information content (AvgIpc) is 2.34. The Hall–Kier alpha value is -0.0800. The molecule has 0 nitrogen and oxygen atoms in total. The average molecular weight is 346 g/mol. The van der Waals surface area contributed by atoms with E-state index in [1.54, 1.807) is 0 Å². The second kappa shape index (κ2) is 8.08. The molecule has 16 heavy (non-hydrogen) atoms. The van der Waals surface area contributed by atoms with Gasteiger partial charge in [0, 0.05) is 9.65 Å². The van der Waals surface area contributed by atoms with E-state index in [1.165, 1.54) is 24.8 Å². The summed E-state index contributed by atoms with van der Waals surface area (Å²) in [5.41, 5.74) is 1.25. The molecule has 1 aromatic carbocycles. The van der Waals surface area contributed by atoms with Crippen LogP contribution in [0.4, 0.5) is 0 Å². The topological polar surface area (TPSA) is 0 Å². The molecule has 0 saturated heterocycles. The zero-order valence-electron chi connectivity index (χ0n) is 9.57. The van der Waals surface area contributed by atoms with E-state index in [2.05, 4.69) is 75.2 Å². The van der Waals surface area contributed by atoms with Crippen molar-refractivity contribution in [2.75, 3.05) is 0 Å². The predicted molar refractivity (Wildman–Crippen MR) is 80.4 cm³/mol. The summed E-state index contributed by atoms with van der Waals surface area (Å²) in [5, 5.41) is 0. The fourth-order valence-electron chi connectivity index (χ4n) is 1.45. The van der Waals surface area contributed by atoms with Gasteiger partial charge in [-0.3, -0.25) is 0 Å². The van der Waals surface area contributed by atoms with Crippen molar-refractivity contribution in [3.8, 4) is 0 Å². The minimum atomic E-state index is 0.402. The monoisotopic (exact) mass is 344 g/mol. The van der Waals surface area contributed by atoms with Crippen molar-refractivity contribution in [3.63, 3.8) is 0 Å². The maximum atomic E-state index is 3.72. The maximum Gasteiger partial charge on any atom is 0.0453 e. The van der Waals surface area contributed by atoms with E-state index >= 15 is 0 Å². The van der Waals surface area contributed by atoms with Crippen molar-refractivity contribution in [2.24, 2.45) is 0 Å². The molecule has 0 saturated carbocycles. The van der Waals surface area contributed by atoms with Gasteiger partial charge in [0.15, 0.2) is 0 Å². The number of hydrogen-bond acceptors (Lipinski definition) is 0. The maximum absolute atomic E-state index is 3.72. The third-order valence-corrected chi connectivity index (χ3v) is 5.13. The van der Waals surface area contributed by atoms with Crippen LogP contribution in [0, 0.1) is 0 Å². The van der Waals surface area contributed by atoms with Gasteiger partial charge in [0.1, 0.15) is 0 Å². The number of benzene rings is 1. The van der Waals surface area contributed by atoms with Crippen LogP contribution in [0.2, 0.25) is 0 Å². The van der Waals surface area contributed by atoms with Crippen LogP contribution in [-0.2, 0) is 0 Å². The molecule has 0 radical (unpaired) electrons. The van der Waals surface area contributed by atoms with Crippen LogP contribution in [0.15, 0.2) is 36.4 Å². The quantitative estimate of drug-likeness (QED) is 0.604. The molecule has 1 rings (SSSR count). The Morgan fingerprint density at radius 2 is 1.88 bits per heavy atom. The summed E-state index contributed by atoms with van der Waals surface area (Å²) < 4.78 is 0. The van der Waals surface area contributed by atoms with E-state index in [-0.39, 0.29) is 0 Å². The Bertz CT molecular complexity index is 306. The van der Waals surface area contributed by atoms with E-state index in [9.17, 15) is 0 Å². The molecule has 88 valence electrons. The van der Waals surface area contributed by atoms with Gasteiger partial charge < -0.3 is 0 Å². The molecule has 2 unspecified atom stereocenters. The first-order valence-corrected chi connectivity index (χ1v) is 7.58. The van der Waals surface area contributed by atoms with Gasteiger partial charge in [0.25, 0.3) is 0 Å². The first-order valence-electron chi connectivity index (χ1n) is 5.75. The third-order valence-electron chi connectivity index (χ3n) is 2.45. The van der Waals surface area contributed by atoms with Crippen LogP contribution in [0.5, 0.6) is 0 Å². The Morgan fingerprint density at radius 1 is 1.19 bits per heavy atom. The number of unbranched alkanes of at least 4 members (excludes halogenated alkanes) is 1. The highest BCUT2D eigenvalue weighted by Gasteiger charge is 2.11. The van der Waals surface area contributed by atoms with E-state index in [0.29, 0.717) is 9.65 Å². The molecular weight excluding hydrogens is 328 g/mol. The SMILES string of the molecule is CCCCC(Br)C(Br)C=Cc1ccccc1. The lowest BCUT2D eigenvalue weighted by molar-refractivity contribution is 0.703. The molecular formula is C14H18Br2. The van der Waals surface area contributed by atoms with E-state index in [0.717, 1.165) is 0 Å². The molecule has 0 aliphatic heterocycles. The minimum absolute atomic E-state index is 0.402. The van der Waals surface area contributed by atoms with Crippen molar-refractivity contribution in [1.29, 1.82) is 0 Å². The van der Waals surface area contributed by atoms with Crippen LogP contribution in [0.3, 0.4) is 0 Å². The molecule has 0 aliphatic carbocycles. The second-order valence-electron chi connectivity index (χ2n) is 3.87. The molecule has 0 heterocycles. The first-order chi connectivity index (χ1) is 7.74. The fraction of sp³-hybridized carbons (Fsp3) is 0.429. The largest absolute Gasteiger partial charge is 0.0875 e. The molecule has 0 bridgehead atoms. The molecule has 0 aromatic heterocycles. The van der Waals surface area contributed by atoms with Crippen LogP contribution in [-0.4, -0.2) is 9.65 Å². The summed E-state index contributed by atoms with van der Waals surface area (Å²) in [5.74, 6) is 0. The number of halogens is 2. The molecule has 1 aromatic rings. The van der Waals surface area contributed by atoms with Crippen molar-refractivity contribution in [2.45, 2.75) is 35.8 Å². The summed E-state index contributed by atoms with van der Waals surface area (Å²) in [4.78, 5) is 0.923. The van der Waals surface area contributed by atoms with Crippen LogP contribution < -0.4 is 0 Å². The van der Waals surface area contributed by atoms with Crippen molar-refractivity contribution < 1.29 is 0 Å². The zero-order valence-corrected chi connectivity index (χ0v) is 12.7. The Labute approximate surface area is 115 Å². The molecule has 0 amide bonds. The normalized spacial score (nSPS) is 15.2. The van der Waals surface area contributed by atoms with E-state index in [1.807, 2.05) is 6.07 Å². The highest BCUT2D eigenvalue weighted by molar-refractivity contribution is 9.12. The number of alkyl halides is 2. The Morgan fingerprint density at radius 3 is 2.50 bits per heavy atom. The van der Waals surface area contributed by atoms with Gasteiger partial charge in [-0.15, -0.1) is 0 Å². The van der Waals surface area contributed by atoms with E-state index < -0.39 is 0 Å². The first kappa shape index (κ1) is 14.0. The third kappa shape index (κ3) is 5.31. The molecule has 2 heteroatoms. The van der Waals surface area contributed by atoms with Gasteiger partial charge in [-0.05, 0) is 12.0 Å². The van der Waals surface area contributed by atoms with Gasteiger partial charge in [-0.2, -0.15) is 0 Å². The lowest BCUT2D eigenvalue weighted by Gasteiger charge is -2.12. The molecule has 0 fully saturated rings. The fourth-order valence-corrected chi connectivity index (χ4v) is 2.36. The van der Waals surface area contributed by atoms with Crippen LogP contribution >= 0.6 is 31.9 Å². The minimum Gasteiger partial charge on any atom is -0.0875 e. The highest BCUT2D eigenvalue weighted by atomic mass is 79.9. The molecule has 0 N–H and O–H groups in total. The van der Waals surface area contributed by atoms with E-state index in [4.69, 9.17) is 0 Å². The zero-order chi connectivity index (χ0) is 11.8. The lowest BCUT2D eigenvalue weighted by atomic mass is 10.1. The van der Waals surface area contributed by atoms with Gasteiger partial charge in [-0.25, -0.2) is 0 Å². The number of hydrogen-bond donors (Lipinski definition) is 0. The summed E-state index contributed by atoms with van der Waals surface area (Å²) in [6.45, 7) is 2.22. The van der Waals surface area contributed by atoms with Crippen molar-refractivity contribution >= 4 is 37.9 Å². The predicted octanol–water partition coefficient (Wildman–Crippen LogP) is 5.42. The summed E-state index contributed by atoms with van der Waals surface area (Å²) in [7, 11) is 0. The Balaban J connectivity index is 2.44.